The Kier molecular flexibility index (Phi) is 2.18. The van der Waals surface area contributed by atoms with Crippen LogP contribution in [-0.2, 0) is 4.79 Å². The van der Waals surface area contributed by atoms with Crippen molar-refractivity contribution in [2.45, 2.75) is 6.92 Å². The summed E-state index contributed by atoms with van der Waals surface area (Å²) in [6, 6.07) is 0. The van der Waals surface area contributed by atoms with Crippen LogP contribution >= 0.6 is 0 Å². The number of nitrogen functional groups attached to an aromatic ring is 1. The molecule has 0 spiro atoms. The highest BCUT2D eigenvalue weighted by atomic mass is 19.1. The van der Waals surface area contributed by atoms with E-state index in [1.807, 2.05) is 0 Å². The number of hydrogen-bond acceptors (Lipinski definition) is 5. The molecule has 0 aromatic carbocycles. The van der Waals surface area contributed by atoms with Crippen LogP contribution in [0.4, 0.5) is 10.2 Å². The molecule has 0 atom stereocenters. The Hall–Kier alpha value is -1.72. The van der Waals surface area contributed by atoms with E-state index >= 15 is 0 Å². The third kappa shape index (κ3) is 1.88. The van der Waals surface area contributed by atoms with Crippen LogP contribution in [0.5, 0.6) is 5.88 Å². The molecule has 0 aliphatic carbocycles. The average Bonchev–Trinajstić information content (AvgIpc) is 1.96. The molecule has 0 amide bonds. The molecule has 1 aromatic rings. The Morgan fingerprint density at radius 3 is 2.92 bits per heavy atom. The number of anilines is 1. The van der Waals surface area contributed by atoms with Crippen molar-refractivity contribution < 1.29 is 13.9 Å². The number of carbonyl (C=O) groups is 1. The number of ether oxygens (including phenoxy) is 1. The maximum absolute atomic E-state index is 12.5. The molecule has 2 N–H and O–H groups in total. The van der Waals surface area contributed by atoms with Gasteiger partial charge in [-0.25, -0.2) is 4.98 Å². The fourth-order valence-electron chi connectivity index (χ4n) is 0.557. The number of nitrogens with two attached hydrogens (primary N) is 1. The lowest BCUT2D eigenvalue weighted by molar-refractivity contribution is -0.132. The first-order valence-electron chi connectivity index (χ1n) is 3.06. The summed E-state index contributed by atoms with van der Waals surface area (Å²) in [4.78, 5) is 17.0. The second kappa shape index (κ2) is 3.12. The van der Waals surface area contributed by atoms with E-state index in [4.69, 9.17) is 5.73 Å². The third-order valence-electron chi connectivity index (χ3n) is 0.982. The molecule has 6 heteroatoms. The zero-order chi connectivity index (χ0) is 9.14. The molecule has 1 aromatic heterocycles. The molecule has 5 nitrogen and oxygen atoms in total. The lowest BCUT2D eigenvalue weighted by atomic mass is 10.6. The molecular weight excluding hydrogens is 165 g/mol. The maximum atomic E-state index is 12.5. The Morgan fingerprint density at radius 1 is 1.75 bits per heavy atom. The van der Waals surface area contributed by atoms with Gasteiger partial charge in [-0.15, -0.1) is 0 Å². The minimum absolute atomic E-state index is 0.200. The highest BCUT2D eigenvalue weighted by Gasteiger charge is 2.05. The standard InChI is InChI=1S/C6H6FN3O2/c1-3(11)12-4-2-9-6(8)5(7)10-4/h2H,1H3,(H2,8,9). The molecule has 0 aliphatic heterocycles. The minimum atomic E-state index is -0.950. The molecule has 0 fully saturated rings. The lowest BCUT2D eigenvalue weighted by Crippen LogP contribution is -2.06. The minimum Gasteiger partial charge on any atom is -0.406 e. The van der Waals surface area contributed by atoms with Gasteiger partial charge in [0.05, 0.1) is 6.20 Å². The fourth-order valence-corrected chi connectivity index (χ4v) is 0.557. The van der Waals surface area contributed by atoms with Crippen molar-refractivity contribution in [2.24, 2.45) is 0 Å². The first-order chi connectivity index (χ1) is 5.59. The number of hydrogen-bond donors (Lipinski definition) is 1. The molecule has 12 heavy (non-hydrogen) atoms. The molecule has 0 saturated heterocycles. The summed E-state index contributed by atoms with van der Waals surface area (Å²) < 4.78 is 17.0. The summed E-state index contributed by atoms with van der Waals surface area (Å²) in [5.41, 5.74) is 5.03. The molecule has 0 aliphatic rings. The quantitative estimate of drug-likeness (QED) is 0.607. The van der Waals surface area contributed by atoms with E-state index in [1.165, 1.54) is 6.92 Å². The summed E-state index contributed by atoms with van der Waals surface area (Å²) in [6.07, 6.45) is 1.07. The number of aromatic nitrogens is 2. The number of nitrogens with zero attached hydrogens (tertiary/aromatic N) is 2. The van der Waals surface area contributed by atoms with E-state index in [0.29, 0.717) is 0 Å². The topological polar surface area (TPSA) is 78.1 Å². The number of esters is 1. The van der Waals surface area contributed by atoms with Gasteiger partial charge in [-0.05, 0) is 0 Å². The summed E-state index contributed by atoms with van der Waals surface area (Å²) in [7, 11) is 0. The second-order valence-corrected chi connectivity index (χ2v) is 1.98. The van der Waals surface area contributed by atoms with Gasteiger partial charge in [0, 0.05) is 6.92 Å². The van der Waals surface area contributed by atoms with Gasteiger partial charge in [-0.1, -0.05) is 0 Å². The summed E-state index contributed by atoms with van der Waals surface area (Å²) in [5.74, 6) is -2.07. The molecule has 64 valence electrons. The summed E-state index contributed by atoms with van der Waals surface area (Å²) in [6.45, 7) is 1.18. The highest BCUT2D eigenvalue weighted by Crippen LogP contribution is 2.09. The van der Waals surface area contributed by atoms with Crippen LogP contribution in [0, 0.1) is 5.95 Å². The second-order valence-electron chi connectivity index (χ2n) is 1.98. The van der Waals surface area contributed by atoms with Gasteiger partial charge in [0.1, 0.15) is 0 Å². The van der Waals surface area contributed by atoms with Gasteiger partial charge in [-0.2, -0.15) is 9.37 Å². The van der Waals surface area contributed by atoms with Crippen molar-refractivity contribution in [3.8, 4) is 5.88 Å². The van der Waals surface area contributed by atoms with Crippen LogP contribution in [0.25, 0.3) is 0 Å². The zero-order valence-corrected chi connectivity index (χ0v) is 6.24. The van der Waals surface area contributed by atoms with E-state index in [9.17, 15) is 9.18 Å². The number of carbonyl (C=O) groups excluding carboxylic acids is 1. The first kappa shape index (κ1) is 8.38. The van der Waals surface area contributed by atoms with Crippen LogP contribution < -0.4 is 10.5 Å². The molecule has 0 unspecified atom stereocenters. The third-order valence-corrected chi connectivity index (χ3v) is 0.982. The normalized spacial score (nSPS) is 9.50. The van der Waals surface area contributed by atoms with Crippen LogP contribution in [0.2, 0.25) is 0 Å². The smallest absolute Gasteiger partial charge is 0.309 e. The molecule has 0 bridgehead atoms. The van der Waals surface area contributed by atoms with Gasteiger partial charge in [0.25, 0.3) is 5.95 Å². The number of rotatable bonds is 1. The van der Waals surface area contributed by atoms with E-state index in [-0.39, 0.29) is 11.7 Å². The van der Waals surface area contributed by atoms with Crippen LogP contribution in [0.3, 0.4) is 0 Å². The van der Waals surface area contributed by atoms with Crippen molar-refractivity contribution in [3.05, 3.63) is 12.1 Å². The lowest BCUT2D eigenvalue weighted by Gasteiger charge is -1.99. The monoisotopic (exact) mass is 171 g/mol. The predicted molar refractivity (Wildman–Crippen MR) is 37.7 cm³/mol. The van der Waals surface area contributed by atoms with E-state index in [0.717, 1.165) is 6.20 Å². The van der Waals surface area contributed by atoms with Crippen molar-refractivity contribution in [1.82, 2.24) is 9.97 Å². The Labute approximate surface area is 67.4 Å². The van der Waals surface area contributed by atoms with Crippen molar-refractivity contribution >= 4 is 11.8 Å². The van der Waals surface area contributed by atoms with Gasteiger partial charge >= 0.3 is 5.97 Å². The van der Waals surface area contributed by atoms with Gasteiger partial charge < -0.3 is 10.5 Å². The molecule has 1 heterocycles. The van der Waals surface area contributed by atoms with Gasteiger partial charge in [0.15, 0.2) is 5.82 Å². The molecule has 1 rings (SSSR count). The largest absolute Gasteiger partial charge is 0.406 e. The number of halogens is 1. The Morgan fingerprint density at radius 2 is 2.42 bits per heavy atom. The molecular formula is C6H6FN3O2. The summed E-state index contributed by atoms with van der Waals surface area (Å²) in [5, 5.41) is 0. The Balaban J connectivity index is 2.89. The SMILES string of the molecule is CC(=O)Oc1cnc(N)c(F)n1. The van der Waals surface area contributed by atoms with Crippen LogP contribution in [-0.4, -0.2) is 15.9 Å². The molecule has 0 radical (unpaired) electrons. The summed E-state index contributed by atoms with van der Waals surface area (Å²) >= 11 is 0. The molecule has 0 saturated carbocycles. The van der Waals surface area contributed by atoms with Gasteiger partial charge in [-0.3, -0.25) is 4.79 Å². The van der Waals surface area contributed by atoms with E-state index in [2.05, 4.69) is 14.7 Å². The highest BCUT2D eigenvalue weighted by molar-refractivity contribution is 5.68. The average molecular weight is 171 g/mol. The fraction of sp³-hybridized carbons (Fsp3) is 0.167. The van der Waals surface area contributed by atoms with E-state index < -0.39 is 11.9 Å². The van der Waals surface area contributed by atoms with E-state index in [1.54, 1.807) is 0 Å². The zero-order valence-electron chi connectivity index (χ0n) is 6.24. The van der Waals surface area contributed by atoms with Crippen LogP contribution in [0.15, 0.2) is 6.20 Å². The maximum Gasteiger partial charge on any atom is 0.309 e. The predicted octanol–water partition coefficient (Wildman–Crippen LogP) is 0.123. The van der Waals surface area contributed by atoms with Crippen molar-refractivity contribution in [3.63, 3.8) is 0 Å². The Bertz CT molecular complexity index is 316. The van der Waals surface area contributed by atoms with Crippen LogP contribution in [0.1, 0.15) is 6.92 Å². The van der Waals surface area contributed by atoms with Crippen molar-refractivity contribution in [1.29, 1.82) is 0 Å². The first-order valence-corrected chi connectivity index (χ1v) is 3.06. The van der Waals surface area contributed by atoms with Gasteiger partial charge in [0.2, 0.25) is 5.88 Å². The van der Waals surface area contributed by atoms with Crippen molar-refractivity contribution in [2.75, 3.05) is 5.73 Å².